The summed E-state index contributed by atoms with van der Waals surface area (Å²) in [6.07, 6.45) is 5.61. The van der Waals surface area contributed by atoms with Crippen molar-refractivity contribution in [3.05, 3.63) is 30.2 Å². The van der Waals surface area contributed by atoms with E-state index in [-0.39, 0.29) is 0 Å². The maximum absolute atomic E-state index is 5.76. The number of aromatic nitrogens is 2. The van der Waals surface area contributed by atoms with Crippen molar-refractivity contribution in [2.75, 3.05) is 12.3 Å². The Kier molecular flexibility index (Phi) is 3.97. The molecule has 1 fully saturated rings. The molecule has 1 aliphatic heterocycles. The third kappa shape index (κ3) is 3.17. The van der Waals surface area contributed by atoms with Gasteiger partial charge in [0.15, 0.2) is 0 Å². The van der Waals surface area contributed by atoms with Crippen LogP contribution in [0.4, 0.5) is 5.69 Å². The highest BCUT2D eigenvalue weighted by Crippen LogP contribution is 2.20. The summed E-state index contributed by atoms with van der Waals surface area (Å²) in [7, 11) is 0. The fourth-order valence-corrected chi connectivity index (χ4v) is 2.47. The lowest BCUT2D eigenvalue weighted by Crippen LogP contribution is -2.19. The highest BCUT2D eigenvalue weighted by atomic mass is 16.5. The lowest BCUT2D eigenvalue weighted by Gasteiger charge is -2.21. The van der Waals surface area contributed by atoms with Crippen LogP contribution in [0.15, 0.2) is 28.8 Å². The normalized spacial score (nSPS) is 19.1. The van der Waals surface area contributed by atoms with Crippen LogP contribution >= 0.6 is 0 Å². The van der Waals surface area contributed by atoms with Gasteiger partial charge in [-0.05, 0) is 37.8 Å². The van der Waals surface area contributed by atoms with Crippen LogP contribution in [0.5, 0.6) is 0 Å². The number of nitrogens with two attached hydrogens (primary N) is 1. The van der Waals surface area contributed by atoms with Crippen LogP contribution in [0.1, 0.15) is 31.6 Å². The summed E-state index contributed by atoms with van der Waals surface area (Å²) in [6, 6.07) is 7.50. The lowest BCUT2D eigenvalue weighted by atomic mass is 10.0. The van der Waals surface area contributed by atoms with E-state index in [1.807, 2.05) is 24.3 Å². The minimum Gasteiger partial charge on any atom is -0.399 e. The molecule has 2 N–H and O–H groups in total. The molecular formula is C15H19N3O2. The molecule has 1 aliphatic rings. The van der Waals surface area contributed by atoms with Gasteiger partial charge in [-0.25, -0.2) is 0 Å². The smallest absolute Gasteiger partial charge is 0.227 e. The van der Waals surface area contributed by atoms with Crippen LogP contribution in [-0.4, -0.2) is 22.9 Å². The van der Waals surface area contributed by atoms with Gasteiger partial charge < -0.3 is 15.0 Å². The number of hydrogen-bond acceptors (Lipinski definition) is 5. The topological polar surface area (TPSA) is 74.2 Å². The Labute approximate surface area is 118 Å². The Hall–Kier alpha value is -1.88. The van der Waals surface area contributed by atoms with E-state index in [2.05, 4.69) is 10.1 Å². The van der Waals surface area contributed by atoms with Gasteiger partial charge >= 0.3 is 0 Å². The van der Waals surface area contributed by atoms with Crippen molar-refractivity contribution in [2.24, 2.45) is 0 Å². The van der Waals surface area contributed by atoms with Gasteiger partial charge in [-0.1, -0.05) is 17.3 Å². The largest absolute Gasteiger partial charge is 0.399 e. The van der Waals surface area contributed by atoms with Crippen molar-refractivity contribution in [1.82, 2.24) is 10.1 Å². The Bertz CT molecular complexity index is 562. The molecule has 0 bridgehead atoms. The summed E-state index contributed by atoms with van der Waals surface area (Å²) in [5.41, 5.74) is 7.34. The van der Waals surface area contributed by atoms with E-state index < -0.39 is 0 Å². The van der Waals surface area contributed by atoms with E-state index in [1.165, 1.54) is 12.8 Å². The van der Waals surface area contributed by atoms with Crippen LogP contribution in [0.2, 0.25) is 0 Å². The Morgan fingerprint density at radius 2 is 2.25 bits per heavy atom. The zero-order chi connectivity index (χ0) is 13.8. The van der Waals surface area contributed by atoms with Crippen molar-refractivity contribution in [2.45, 2.75) is 38.2 Å². The number of nitrogens with zero attached hydrogens (tertiary/aromatic N) is 2. The second-order valence-corrected chi connectivity index (χ2v) is 5.16. The molecule has 1 unspecified atom stereocenters. The minimum absolute atomic E-state index is 0.339. The summed E-state index contributed by atoms with van der Waals surface area (Å²) in [6.45, 7) is 0.878. The van der Waals surface area contributed by atoms with E-state index in [0.29, 0.717) is 23.5 Å². The Morgan fingerprint density at radius 1 is 1.30 bits per heavy atom. The van der Waals surface area contributed by atoms with Gasteiger partial charge in [0.2, 0.25) is 11.7 Å². The second kappa shape index (κ2) is 6.05. The molecule has 1 saturated heterocycles. The van der Waals surface area contributed by atoms with Gasteiger partial charge in [-0.2, -0.15) is 4.98 Å². The van der Waals surface area contributed by atoms with Gasteiger partial charge in [-0.3, -0.25) is 0 Å². The molecule has 2 aromatic rings. The lowest BCUT2D eigenvalue weighted by molar-refractivity contribution is 0.0104. The van der Waals surface area contributed by atoms with Crippen molar-refractivity contribution < 1.29 is 9.26 Å². The third-order valence-electron chi connectivity index (χ3n) is 3.57. The van der Waals surface area contributed by atoms with Crippen LogP contribution < -0.4 is 5.73 Å². The Morgan fingerprint density at radius 3 is 3.05 bits per heavy atom. The molecule has 2 heterocycles. The average molecular weight is 273 g/mol. The van der Waals surface area contributed by atoms with E-state index in [9.17, 15) is 0 Å². The van der Waals surface area contributed by atoms with Crippen molar-refractivity contribution in [3.8, 4) is 11.4 Å². The molecule has 0 aliphatic carbocycles. The quantitative estimate of drug-likeness (QED) is 0.867. The van der Waals surface area contributed by atoms with Gasteiger partial charge in [0.1, 0.15) is 0 Å². The predicted molar refractivity (Wildman–Crippen MR) is 76.1 cm³/mol. The molecule has 0 radical (unpaired) electrons. The fraction of sp³-hybridized carbons (Fsp3) is 0.467. The fourth-order valence-electron chi connectivity index (χ4n) is 2.47. The summed E-state index contributed by atoms with van der Waals surface area (Å²) < 4.78 is 11.0. The summed E-state index contributed by atoms with van der Waals surface area (Å²) in [4.78, 5) is 4.42. The monoisotopic (exact) mass is 273 g/mol. The molecule has 0 amide bonds. The number of ether oxygens (including phenoxy) is 1. The standard InChI is InChI=1S/C15H19N3O2/c16-12-5-3-4-11(10-12)15-17-14(20-18-15)8-7-13-6-1-2-9-19-13/h3-5,10,13H,1-2,6-9,16H2. The number of aryl methyl sites for hydroxylation is 1. The van der Waals surface area contributed by atoms with Gasteiger partial charge in [0, 0.05) is 24.3 Å². The van der Waals surface area contributed by atoms with Crippen LogP contribution in [-0.2, 0) is 11.2 Å². The molecule has 0 saturated carbocycles. The van der Waals surface area contributed by atoms with Crippen LogP contribution in [0.25, 0.3) is 11.4 Å². The summed E-state index contributed by atoms with van der Waals surface area (Å²) in [5.74, 6) is 1.26. The maximum Gasteiger partial charge on any atom is 0.227 e. The highest BCUT2D eigenvalue weighted by molar-refractivity contribution is 5.60. The zero-order valence-electron chi connectivity index (χ0n) is 11.4. The predicted octanol–water partition coefficient (Wildman–Crippen LogP) is 2.82. The summed E-state index contributed by atoms with van der Waals surface area (Å²) >= 11 is 0. The molecule has 20 heavy (non-hydrogen) atoms. The third-order valence-corrected chi connectivity index (χ3v) is 3.57. The summed E-state index contributed by atoms with van der Waals surface area (Å²) in [5, 5.41) is 4.01. The van der Waals surface area contributed by atoms with Crippen molar-refractivity contribution >= 4 is 5.69 Å². The molecule has 1 aromatic heterocycles. The number of rotatable bonds is 4. The second-order valence-electron chi connectivity index (χ2n) is 5.16. The molecule has 5 nitrogen and oxygen atoms in total. The van der Waals surface area contributed by atoms with Crippen LogP contribution in [0, 0.1) is 0 Å². The number of benzene rings is 1. The van der Waals surface area contributed by atoms with E-state index >= 15 is 0 Å². The number of hydrogen-bond donors (Lipinski definition) is 1. The number of nitrogen functional groups attached to an aromatic ring is 1. The molecule has 106 valence electrons. The first kappa shape index (κ1) is 13.1. The average Bonchev–Trinajstić information content (AvgIpc) is 2.95. The van der Waals surface area contributed by atoms with Gasteiger partial charge in [0.05, 0.1) is 6.10 Å². The molecule has 5 heteroatoms. The van der Waals surface area contributed by atoms with E-state index in [0.717, 1.165) is 31.4 Å². The zero-order valence-corrected chi connectivity index (χ0v) is 11.4. The highest BCUT2D eigenvalue weighted by Gasteiger charge is 2.16. The first-order valence-corrected chi connectivity index (χ1v) is 7.11. The van der Waals surface area contributed by atoms with Gasteiger partial charge in [-0.15, -0.1) is 0 Å². The molecule has 0 spiro atoms. The van der Waals surface area contributed by atoms with Crippen LogP contribution in [0.3, 0.4) is 0 Å². The SMILES string of the molecule is Nc1cccc(-c2noc(CCC3CCCCO3)n2)c1. The van der Waals surface area contributed by atoms with E-state index in [1.54, 1.807) is 0 Å². The Balaban J connectivity index is 1.61. The minimum atomic E-state index is 0.339. The van der Waals surface area contributed by atoms with E-state index in [4.69, 9.17) is 15.0 Å². The first-order valence-electron chi connectivity index (χ1n) is 7.11. The van der Waals surface area contributed by atoms with Gasteiger partial charge in [0.25, 0.3) is 0 Å². The van der Waals surface area contributed by atoms with Crippen molar-refractivity contribution in [3.63, 3.8) is 0 Å². The maximum atomic E-state index is 5.76. The molecule has 1 aromatic carbocycles. The molecular weight excluding hydrogens is 254 g/mol. The molecule has 1 atom stereocenters. The number of anilines is 1. The first-order chi connectivity index (χ1) is 9.81. The molecule has 3 rings (SSSR count). The van der Waals surface area contributed by atoms with Crippen molar-refractivity contribution in [1.29, 1.82) is 0 Å².